The van der Waals surface area contributed by atoms with Gasteiger partial charge in [0.1, 0.15) is 0 Å². The molecule has 81 heavy (non-hydrogen) atoms. The zero-order chi connectivity index (χ0) is 53.5. The Balaban J connectivity index is 0.978. The molecule has 2 aliphatic rings. The van der Waals surface area contributed by atoms with Crippen molar-refractivity contribution in [2.45, 2.75) is 10.8 Å². The molecule has 0 atom stereocenters. The SMILES string of the molecule is c1ccc(C2(c3cccc(N(c4cccc(N(c5cccc6ccccc56)c5cccc6sc7ccccc7c56)c4)c4ccc5c(c4)C(c4ccccc4)(c4ccccc4)c4ccccc4-5)c3)c3ccccc3-c3ccccc32)cc1. The van der Waals surface area contributed by atoms with Gasteiger partial charge in [-0.1, -0.05) is 249 Å². The van der Waals surface area contributed by atoms with Crippen LogP contribution >= 0.6 is 11.3 Å². The van der Waals surface area contributed by atoms with Crippen molar-refractivity contribution in [3.8, 4) is 22.3 Å². The second kappa shape index (κ2) is 18.8. The van der Waals surface area contributed by atoms with Crippen molar-refractivity contribution < 1.29 is 0 Å². The van der Waals surface area contributed by atoms with E-state index in [1.54, 1.807) is 0 Å². The third-order valence-corrected chi connectivity index (χ3v) is 18.5. The van der Waals surface area contributed by atoms with E-state index < -0.39 is 10.8 Å². The first-order valence-electron chi connectivity index (χ1n) is 28.0. The summed E-state index contributed by atoms with van der Waals surface area (Å²) in [4.78, 5) is 5.03. The third kappa shape index (κ3) is 7.05. The van der Waals surface area contributed by atoms with Gasteiger partial charge >= 0.3 is 0 Å². The van der Waals surface area contributed by atoms with E-state index >= 15 is 0 Å². The quantitative estimate of drug-likeness (QED) is 0.135. The van der Waals surface area contributed by atoms with Gasteiger partial charge in [-0.25, -0.2) is 0 Å². The van der Waals surface area contributed by atoms with E-state index in [2.05, 4.69) is 325 Å². The predicted molar refractivity (Wildman–Crippen MR) is 341 cm³/mol. The zero-order valence-electron chi connectivity index (χ0n) is 44.3. The van der Waals surface area contributed by atoms with E-state index in [4.69, 9.17) is 0 Å². The number of hydrogen-bond acceptors (Lipinski definition) is 3. The molecule has 16 rings (SSSR count). The number of nitrogens with zero attached hydrogens (tertiary/aromatic N) is 2. The highest BCUT2D eigenvalue weighted by molar-refractivity contribution is 7.26. The van der Waals surface area contributed by atoms with Crippen LogP contribution in [0.5, 0.6) is 0 Å². The molecule has 3 heteroatoms. The first-order valence-corrected chi connectivity index (χ1v) is 28.8. The van der Waals surface area contributed by atoms with Crippen molar-refractivity contribution in [3.05, 3.63) is 360 Å². The van der Waals surface area contributed by atoms with Gasteiger partial charge in [0.05, 0.1) is 22.2 Å². The summed E-state index contributed by atoms with van der Waals surface area (Å²) in [6.07, 6.45) is 0. The third-order valence-electron chi connectivity index (χ3n) is 17.4. The monoisotopic (exact) mass is 1050 g/mol. The lowest BCUT2D eigenvalue weighted by molar-refractivity contribution is 0.767. The predicted octanol–water partition coefficient (Wildman–Crippen LogP) is 20.9. The van der Waals surface area contributed by atoms with Gasteiger partial charge < -0.3 is 9.80 Å². The van der Waals surface area contributed by atoms with Crippen LogP contribution in [0.4, 0.5) is 34.1 Å². The Bertz CT molecular complexity index is 4640. The minimum Gasteiger partial charge on any atom is -0.310 e. The Morgan fingerprint density at radius 2 is 0.667 bits per heavy atom. The lowest BCUT2D eigenvalue weighted by Crippen LogP contribution is -2.29. The summed E-state index contributed by atoms with van der Waals surface area (Å²) in [5.41, 5.74) is 20.4. The van der Waals surface area contributed by atoms with Crippen LogP contribution in [0.25, 0.3) is 53.2 Å². The van der Waals surface area contributed by atoms with E-state index in [0.717, 1.165) is 34.1 Å². The van der Waals surface area contributed by atoms with Crippen molar-refractivity contribution in [2.24, 2.45) is 0 Å². The number of fused-ring (bicyclic) bond motifs is 10. The Kier molecular flexibility index (Phi) is 10.9. The van der Waals surface area contributed by atoms with Crippen LogP contribution in [0.3, 0.4) is 0 Å². The van der Waals surface area contributed by atoms with Crippen molar-refractivity contribution in [1.29, 1.82) is 0 Å². The first-order chi connectivity index (χ1) is 40.2. The molecule has 0 saturated carbocycles. The van der Waals surface area contributed by atoms with Gasteiger partial charge in [-0.3, -0.25) is 0 Å². The fourth-order valence-electron chi connectivity index (χ4n) is 14.1. The minimum absolute atomic E-state index is 0.596. The first kappa shape index (κ1) is 47.0. The number of anilines is 6. The van der Waals surface area contributed by atoms with E-state index in [0.29, 0.717) is 0 Å². The highest BCUT2D eigenvalue weighted by Crippen LogP contribution is 2.59. The van der Waals surface area contributed by atoms with Crippen LogP contribution < -0.4 is 9.80 Å². The van der Waals surface area contributed by atoms with Crippen molar-refractivity contribution in [1.82, 2.24) is 0 Å². The smallest absolute Gasteiger partial charge is 0.0714 e. The summed E-state index contributed by atoms with van der Waals surface area (Å²) in [6.45, 7) is 0. The Morgan fingerprint density at radius 1 is 0.247 bits per heavy atom. The lowest BCUT2D eigenvalue weighted by atomic mass is 9.67. The maximum atomic E-state index is 2.52. The summed E-state index contributed by atoms with van der Waals surface area (Å²) in [7, 11) is 0. The van der Waals surface area contributed by atoms with Gasteiger partial charge in [0.25, 0.3) is 0 Å². The molecule has 380 valence electrons. The number of benzene rings is 13. The topological polar surface area (TPSA) is 6.48 Å². The molecule has 0 bridgehead atoms. The molecule has 0 aliphatic heterocycles. The van der Waals surface area contributed by atoms with Gasteiger partial charge in [-0.2, -0.15) is 0 Å². The normalized spacial score (nSPS) is 13.4. The van der Waals surface area contributed by atoms with Gasteiger partial charge in [0.15, 0.2) is 0 Å². The minimum atomic E-state index is -0.597. The van der Waals surface area contributed by atoms with Crippen LogP contribution in [0.15, 0.2) is 315 Å². The Labute approximate surface area is 476 Å². The highest BCUT2D eigenvalue weighted by atomic mass is 32.1. The van der Waals surface area contributed by atoms with Crippen molar-refractivity contribution in [2.75, 3.05) is 9.80 Å². The Morgan fingerprint density at radius 3 is 1.31 bits per heavy atom. The average molecular weight is 1050 g/mol. The van der Waals surface area contributed by atoms with Gasteiger partial charge in [-0.05, 0) is 139 Å². The molecule has 2 nitrogen and oxygen atoms in total. The second-order valence-corrected chi connectivity index (χ2v) is 22.5. The van der Waals surface area contributed by atoms with E-state index in [-0.39, 0.29) is 0 Å². The Hall–Kier alpha value is -10.1. The fourth-order valence-corrected chi connectivity index (χ4v) is 15.3. The summed E-state index contributed by atoms with van der Waals surface area (Å²) >= 11 is 1.86. The molecule has 14 aromatic rings. The maximum absolute atomic E-state index is 2.52. The van der Waals surface area contributed by atoms with Gasteiger partial charge in [0, 0.05) is 48.3 Å². The van der Waals surface area contributed by atoms with Gasteiger partial charge in [-0.15, -0.1) is 11.3 Å². The maximum Gasteiger partial charge on any atom is 0.0714 e. The molecule has 0 spiro atoms. The molecule has 0 radical (unpaired) electrons. The molecule has 1 aromatic heterocycles. The number of thiophene rings is 1. The number of rotatable bonds is 10. The molecule has 0 saturated heterocycles. The van der Waals surface area contributed by atoms with E-state index in [9.17, 15) is 0 Å². The molecule has 2 aliphatic carbocycles. The largest absolute Gasteiger partial charge is 0.310 e. The average Bonchev–Trinajstić information content (AvgIpc) is 2.42. The zero-order valence-corrected chi connectivity index (χ0v) is 45.1. The van der Waals surface area contributed by atoms with Crippen LogP contribution in [0.2, 0.25) is 0 Å². The molecule has 0 amide bonds. The summed E-state index contributed by atoms with van der Waals surface area (Å²) in [5, 5.41) is 4.89. The summed E-state index contributed by atoms with van der Waals surface area (Å²) < 4.78 is 2.54. The van der Waals surface area contributed by atoms with Crippen LogP contribution in [-0.2, 0) is 10.8 Å². The van der Waals surface area contributed by atoms with E-state index in [1.807, 2.05) is 11.3 Å². The standard InChI is InChI=1S/C78H52N2S/c1-4-26-54(27-5-1)77(55-28-6-2-7-29-55)68-41-16-14-39-65(68)66-49-48-61(52-71(66)77)79(58-33-21-32-57(50-58)78(56-30-8-3-9-31-56)69-42-17-12-37-63(69)64-38-13-18-43-70(64)78)59-34-22-35-60(51-59)80(72-44-20-25-53-24-10-11-36-62(53)72)73-45-23-47-75-76(73)67-40-15-19-46-74(67)81-75/h1-52H. The highest BCUT2D eigenvalue weighted by Gasteiger charge is 2.48. The van der Waals surface area contributed by atoms with Crippen LogP contribution in [0, 0.1) is 0 Å². The lowest BCUT2D eigenvalue weighted by Gasteiger charge is -2.36. The van der Waals surface area contributed by atoms with Crippen molar-refractivity contribution >= 4 is 76.4 Å². The van der Waals surface area contributed by atoms with Gasteiger partial charge in [0.2, 0.25) is 0 Å². The molecule has 1 heterocycles. The molecule has 13 aromatic carbocycles. The molecule has 0 unspecified atom stereocenters. The summed E-state index contributed by atoms with van der Waals surface area (Å²) in [6, 6.07) is 118. The van der Waals surface area contributed by atoms with Crippen LogP contribution in [-0.4, -0.2) is 0 Å². The molecule has 0 fully saturated rings. The number of hydrogen-bond donors (Lipinski definition) is 0. The van der Waals surface area contributed by atoms with E-state index in [1.165, 1.54) is 97.7 Å². The summed E-state index contributed by atoms with van der Waals surface area (Å²) in [5.74, 6) is 0. The fraction of sp³-hybridized carbons (Fsp3) is 0.0256. The molecular weight excluding hydrogens is 997 g/mol. The molecular formula is C78H52N2S. The van der Waals surface area contributed by atoms with Crippen LogP contribution in [0.1, 0.15) is 44.5 Å². The van der Waals surface area contributed by atoms with Crippen molar-refractivity contribution in [3.63, 3.8) is 0 Å². The second-order valence-electron chi connectivity index (χ2n) is 21.5. The molecule has 0 N–H and O–H groups in total.